The number of anilines is 1. The Balaban J connectivity index is 1.67. The zero-order chi connectivity index (χ0) is 19.3. The van der Waals surface area contributed by atoms with Crippen LogP contribution in [0.25, 0.3) is 0 Å². The molecule has 27 heavy (non-hydrogen) atoms. The summed E-state index contributed by atoms with van der Waals surface area (Å²) >= 11 is 3.34. The highest BCUT2D eigenvalue weighted by Gasteiger charge is 2.14. The number of hydrogen-bond donors (Lipinski definition) is 2. The Bertz CT molecular complexity index is 1040. The fourth-order valence-electron chi connectivity index (χ4n) is 2.42. The molecule has 3 aromatic carbocycles. The first-order valence-electron chi connectivity index (χ1n) is 8.15. The fraction of sp³-hybridized carbons (Fsp3) is 0.0500. The van der Waals surface area contributed by atoms with E-state index in [2.05, 4.69) is 26.0 Å². The predicted molar refractivity (Wildman–Crippen MR) is 109 cm³/mol. The molecule has 0 aromatic heterocycles. The lowest BCUT2D eigenvalue weighted by molar-refractivity contribution is 0.102. The molecule has 0 aliphatic heterocycles. The highest BCUT2D eigenvalue weighted by molar-refractivity contribution is 9.10. The highest BCUT2D eigenvalue weighted by Crippen LogP contribution is 2.19. The Hall–Kier alpha value is -2.48. The smallest absolute Gasteiger partial charge is 0.256 e. The maximum absolute atomic E-state index is 12.4. The van der Waals surface area contributed by atoms with Crippen molar-refractivity contribution in [3.63, 3.8) is 0 Å². The van der Waals surface area contributed by atoms with Crippen molar-refractivity contribution in [2.24, 2.45) is 0 Å². The second-order valence-electron chi connectivity index (χ2n) is 5.77. The van der Waals surface area contributed by atoms with Crippen molar-refractivity contribution in [1.82, 2.24) is 4.72 Å². The number of benzene rings is 3. The van der Waals surface area contributed by atoms with Crippen molar-refractivity contribution in [3.8, 4) is 0 Å². The normalized spacial score (nSPS) is 11.1. The molecule has 0 fully saturated rings. The van der Waals surface area contributed by atoms with Crippen LogP contribution in [0.4, 0.5) is 5.69 Å². The van der Waals surface area contributed by atoms with E-state index in [0.717, 1.165) is 5.56 Å². The summed E-state index contributed by atoms with van der Waals surface area (Å²) in [5.41, 5.74) is 1.88. The Morgan fingerprint density at radius 3 is 2.15 bits per heavy atom. The summed E-state index contributed by atoms with van der Waals surface area (Å²) in [5.74, 6) is -0.278. The van der Waals surface area contributed by atoms with Crippen molar-refractivity contribution in [2.75, 3.05) is 5.32 Å². The van der Waals surface area contributed by atoms with Gasteiger partial charge in [0.1, 0.15) is 0 Å². The van der Waals surface area contributed by atoms with Crippen LogP contribution in [0.1, 0.15) is 15.9 Å². The molecular weight excluding hydrogens is 428 g/mol. The van der Waals surface area contributed by atoms with Gasteiger partial charge >= 0.3 is 0 Å². The van der Waals surface area contributed by atoms with Crippen LogP contribution in [-0.4, -0.2) is 14.3 Å². The second kappa shape index (κ2) is 8.47. The van der Waals surface area contributed by atoms with Crippen LogP contribution in [0.15, 0.2) is 88.2 Å². The molecule has 0 spiro atoms. The number of carbonyl (C=O) groups excluding carboxylic acids is 1. The summed E-state index contributed by atoms with van der Waals surface area (Å²) in [6, 6.07) is 22.4. The first-order valence-corrected chi connectivity index (χ1v) is 10.4. The lowest BCUT2D eigenvalue weighted by Crippen LogP contribution is -2.23. The van der Waals surface area contributed by atoms with Crippen LogP contribution in [0.5, 0.6) is 0 Å². The van der Waals surface area contributed by atoms with Crippen molar-refractivity contribution in [2.45, 2.75) is 11.4 Å². The number of hydrogen-bond acceptors (Lipinski definition) is 3. The summed E-state index contributed by atoms with van der Waals surface area (Å²) in [6.45, 7) is 0.212. The molecule has 3 aromatic rings. The molecule has 7 heteroatoms. The fourth-order valence-corrected chi connectivity index (χ4v) is 3.90. The standard InChI is InChI=1S/C20H17BrN2O3S/c21-19-9-5-4-8-18(19)20(24)23-16-10-12-17(13-11-16)27(25,26)22-14-15-6-2-1-3-7-15/h1-13,22H,14H2,(H,23,24). The number of sulfonamides is 1. The third kappa shape index (κ3) is 5.03. The summed E-state index contributed by atoms with van der Waals surface area (Å²) in [7, 11) is -3.63. The Labute approximate surface area is 166 Å². The van der Waals surface area contributed by atoms with Crippen LogP contribution < -0.4 is 10.0 Å². The van der Waals surface area contributed by atoms with Gasteiger partial charge in [0.15, 0.2) is 0 Å². The molecule has 0 saturated heterocycles. The number of carbonyl (C=O) groups is 1. The van der Waals surface area contributed by atoms with Gasteiger partial charge in [0.25, 0.3) is 5.91 Å². The lowest BCUT2D eigenvalue weighted by atomic mass is 10.2. The zero-order valence-electron chi connectivity index (χ0n) is 14.2. The molecule has 0 aliphatic rings. The van der Waals surface area contributed by atoms with Crippen molar-refractivity contribution in [3.05, 3.63) is 94.5 Å². The largest absolute Gasteiger partial charge is 0.322 e. The van der Waals surface area contributed by atoms with Gasteiger partial charge in [0, 0.05) is 16.7 Å². The summed E-state index contributed by atoms with van der Waals surface area (Å²) in [6.07, 6.45) is 0. The SMILES string of the molecule is O=C(Nc1ccc(S(=O)(=O)NCc2ccccc2)cc1)c1ccccc1Br. The first kappa shape index (κ1) is 19.3. The second-order valence-corrected chi connectivity index (χ2v) is 8.39. The Kier molecular flexibility index (Phi) is 6.05. The molecule has 138 valence electrons. The van der Waals surface area contributed by atoms with Crippen LogP contribution in [-0.2, 0) is 16.6 Å². The maximum Gasteiger partial charge on any atom is 0.256 e. The minimum Gasteiger partial charge on any atom is -0.322 e. The molecule has 1 amide bonds. The van der Waals surface area contributed by atoms with E-state index in [9.17, 15) is 13.2 Å². The van der Waals surface area contributed by atoms with E-state index in [1.807, 2.05) is 36.4 Å². The first-order chi connectivity index (χ1) is 13.0. The van der Waals surface area contributed by atoms with Crippen molar-refractivity contribution >= 4 is 37.5 Å². The zero-order valence-corrected chi connectivity index (χ0v) is 16.6. The van der Waals surface area contributed by atoms with Crippen LogP contribution >= 0.6 is 15.9 Å². The molecule has 0 bridgehead atoms. The Morgan fingerprint density at radius 2 is 1.48 bits per heavy atom. The molecule has 0 heterocycles. The van der Waals surface area contributed by atoms with Crippen molar-refractivity contribution in [1.29, 1.82) is 0 Å². The van der Waals surface area contributed by atoms with E-state index in [-0.39, 0.29) is 17.3 Å². The van der Waals surface area contributed by atoms with E-state index in [1.165, 1.54) is 12.1 Å². The maximum atomic E-state index is 12.4. The highest BCUT2D eigenvalue weighted by atomic mass is 79.9. The van der Waals surface area contributed by atoms with Gasteiger partial charge in [-0.15, -0.1) is 0 Å². The molecular formula is C20H17BrN2O3S. The average molecular weight is 445 g/mol. The lowest BCUT2D eigenvalue weighted by Gasteiger charge is -2.09. The van der Waals surface area contributed by atoms with Crippen LogP contribution in [0, 0.1) is 0 Å². The number of rotatable bonds is 6. The van der Waals surface area contributed by atoms with Crippen LogP contribution in [0.2, 0.25) is 0 Å². The monoisotopic (exact) mass is 444 g/mol. The summed E-state index contributed by atoms with van der Waals surface area (Å²) in [4.78, 5) is 12.4. The topological polar surface area (TPSA) is 75.3 Å². The number of halogens is 1. The van der Waals surface area contributed by atoms with Gasteiger partial charge in [-0.05, 0) is 57.9 Å². The molecule has 0 saturated carbocycles. The Morgan fingerprint density at radius 1 is 0.852 bits per heavy atom. The minimum absolute atomic E-state index is 0.136. The van der Waals surface area contributed by atoms with Gasteiger partial charge in [0.05, 0.1) is 10.5 Å². The van der Waals surface area contributed by atoms with Crippen molar-refractivity contribution < 1.29 is 13.2 Å². The van der Waals surface area contributed by atoms with Crippen LogP contribution in [0.3, 0.4) is 0 Å². The molecule has 0 unspecified atom stereocenters. The van der Waals surface area contributed by atoms with Gasteiger partial charge in [-0.1, -0.05) is 42.5 Å². The number of nitrogens with one attached hydrogen (secondary N) is 2. The molecule has 0 radical (unpaired) electrons. The van der Waals surface area contributed by atoms with Gasteiger partial charge in [-0.2, -0.15) is 0 Å². The molecule has 5 nitrogen and oxygen atoms in total. The molecule has 3 rings (SSSR count). The number of amides is 1. The molecule has 2 N–H and O–H groups in total. The third-order valence-electron chi connectivity index (χ3n) is 3.85. The molecule has 0 aliphatic carbocycles. The quantitative estimate of drug-likeness (QED) is 0.598. The van der Waals surface area contributed by atoms with E-state index in [0.29, 0.717) is 15.7 Å². The summed E-state index contributed by atoms with van der Waals surface area (Å²) < 4.78 is 28.1. The van der Waals surface area contributed by atoms with Gasteiger partial charge in [0.2, 0.25) is 10.0 Å². The van der Waals surface area contributed by atoms with E-state index in [4.69, 9.17) is 0 Å². The molecule has 0 atom stereocenters. The van der Waals surface area contributed by atoms with Gasteiger partial charge in [-0.3, -0.25) is 4.79 Å². The van der Waals surface area contributed by atoms with Gasteiger partial charge in [-0.25, -0.2) is 13.1 Å². The third-order valence-corrected chi connectivity index (χ3v) is 5.96. The minimum atomic E-state index is -3.63. The van der Waals surface area contributed by atoms with Gasteiger partial charge < -0.3 is 5.32 Å². The predicted octanol–water partition coefficient (Wildman–Crippen LogP) is 4.18. The summed E-state index contributed by atoms with van der Waals surface area (Å²) in [5, 5.41) is 2.75. The average Bonchev–Trinajstić information content (AvgIpc) is 2.68. The van der Waals surface area contributed by atoms with E-state index in [1.54, 1.807) is 30.3 Å². The van der Waals surface area contributed by atoms with E-state index < -0.39 is 10.0 Å². The van der Waals surface area contributed by atoms with E-state index >= 15 is 0 Å².